The lowest BCUT2D eigenvalue weighted by molar-refractivity contribution is -0.143. The number of carboxylic acid groups (broad SMARTS) is 1. The summed E-state index contributed by atoms with van der Waals surface area (Å²) < 4.78 is 5.54. The van der Waals surface area contributed by atoms with Crippen LogP contribution in [0.4, 0.5) is 4.79 Å². The van der Waals surface area contributed by atoms with Crippen molar-refractivity contribution in [3.05, 3.63) is 59.7 Å². The molecule has 1 aliphatic rings. The van der Waals surface area contributed by atoms with Gasteiger partial charge in [-0.2, -0.15) is 0 Å². The average molecular weight is 469 g/mol. The molecule has 0 saturated heterocycles. The average Bonchev–Trinajstić information content (AvgIpc) is 3.16. The zero-order chi connectivity index (χ0) is 24.5. The van der Waals surface area contributed by atoms with E-state index in [2.05, 4.69) is 34.9 Å². The molecule has 0 fully saturated rings. The van der Waals surface area contributed by atoms with Gasteiger partial charge in [-0.1, -0.05) is 61.9 Å². The number of amides is 2. The molecule has 0 aromatic heterocycles. The molecule has 182 valence electrons. The molecule has 1 unspecified atom stereocenters. The van der Waals surface area contributed by atoms with Crippen molar-refractivity contribution in [2.45, 2.75) is 44.6 Å². The van der Waals surface area contributed by atoms with Gasteiger partial charge in [0.2, 0.25) is 5.91 Å². The number of benzene rings is 2. The Labute approximate surface area is 199 Å². The second-order valence-electron chi connectivity index (χ2n) is 8.49. The van der Waals surface area contributed by atoms with Gasteiger partial charge >= 0.3 is 12.1 Å². The molecule has 8 heteroatoms. The summed E-state index contributed by atoms with van der Waals surface area (Å²) in [7, 11) is 0. The Morgan fingerprint density at radius 3 is 2.18 bits per heavy atom. The van der Waals surface area contributed by atoms with Crippen LogP contribution in [0.25, 0.3) is 11.1 Å². The van der Waals surface area contributed by atoms with Gasteiger partial charge in [0.25, 0.3) is 0 Å². The minimum Gasteiger partial charge on any atom is -0.480 e. The summed E-state index contributed by atoms with van der Waals surface area (Å²) in [6.07, 6.45) is 1.75. The minimum atomic E-state index is -1.29. The molecule has 0 radical (unpaired) electrons. The maximum absolute atomic E-state index is 12.3. The predicted molar refractivity (Wildman–Crippen MR) is 127 cm³/mol. The van der Waals surface area contributed by atoms with Gasteiger partial charge in [0.15, 0.2) is 0 Å². The van der Waals surface area contributed by atoms with Crippen molar-refractivity contribution >= 4 is 18.0 Å². The van der Waals surface area contributed by atoms with Crippen LogP contribution < -0.4 is 10.6 Å². The van der Waals surface area contributed by atoms with Crippen LogP contribution in [0.15, 0.2) is 48.5 Å². The van der Waals surface area contributed by atoms with E-state index < -0.39 is 30.6 Å². The van der Waals surface area contributed by atoms with E-state index >= 15 is 0 Å². The molecule has 0 aliphatic heterocycles. The Morgan fingerprint density at radius 2 is 1.62 bits per heavy atom. The van der Waals surface area contributed by atoms with E-state index in [0.29, 0.717) is 19.4 Å². The van der Waals surface area contributed by atoms with Crippen molar-refractivity contribution in [2.75, 3.05) is 19.8 Å². The SMILES string of the molecule is CCC(CCNC(=O)OCC1c2ccccc2-c2ccccc21)CCC(=O)N[C@H](CO)C(=O)O. The number of aliphatic carboxylic acids is 1. The van der Waals surface area contributed by atoms with Gasteiger partial charge in [-0.25, -0.2) is 9.59 Å². The van der Waals surface area contributed by atoms with Gasteiger partial charge in [-0.05, 0) is 41.0 Å². The lowest BCUT2D eigenvalue weighted by atomic mass is 9.96. The topological polar surface area (TPSA) is 125 Å². The highest BCUT2D eigenvalue weighted by Crippen LogP contribution is 2.44. The number of rotatable bonds is 12. The van der Waals surface area contributed by atoms with Gasteiger partial charge < -0.3 is 25.6 Å². The molecular formula is C26H32N2O6. The van der Waals surface area contributed by atoms with Gasteiger partial charge in [-0.15, -0.1) is 0 Å². The monoisotopic (exact) mass is 468 g/mol. The van der Waals surface area contributed by atoms with Crippen LogP contribution in [0.1, 0.15) is 49.7 Å². The third-order valence-electron chi connectivity index (χ3n) is 6.34. The summed E-state index contributed by atoms with van der Waals surface area (Å²) >= 11 is 0. The quantitative estimate of drug-likeness (QED) is 0.379. The van der Waals surface area contributed by atoms with Crippen molar-refractivity contribution in [1.29, 1.82) is 0 Å². The molecule has 2 aromatic rings. The van der Waals surface area contributed by atoms with Gasteiger partial charge in [0.1, 0.15) is 12.6 Å². The normalized spacial score (nSPS) is 13.9. The van der Waals surface area contributed by atoms with Crippen molar-refractivity contribution in [2.24, 2.45) is 5.92 Å². The van der Waals surface area contributed by atoms with Crippen LogP contribution in [0.2, 0.25) is 0 Å². The highest BCUT2D eigenvalue weighted by molar-refractivity contribution is 5.83. The fourth-order valence-electron chi connectivity index (χ4n) is 4.37. The molecule has 2 amide bonds. The number of carbonyl (C=O) groups is 3. The molecule has 0 heterocycles. The van der Waals surface area contributed by atoms with E-state index in [4.69, 9.17) is 14.9 Å². The van der Waals surface area contributed by atoms with Crippen molar-refractivity contribution < 1.29 is 29.3 Å². The largest absolute Gasteiger partial charge is 0.480 e. The fraction of sp³-hybridized carbons (Fsp3) is 0.423. The van der Waals surface area contributed by atoms with Crippen LogP contribution >= 0.6 is 0 Å². The van der Waals surface area contributed by atoms with Gasteiger partial charge in [0, 0.05) is 18.9 Å². The molecule has 8 nitrogen and oxygen atoms in total. The number of hydrogen-bond acceptors (Lipinski definition) is 5. The molecule has 3 rings (SSSR count). The standard InChI is InChI=1S/C26H32N2O6/c1-2-17(11-12-24(30)28-23(15-29)25(31)32)13-14-27-26(33)34-16-22-20-9-5-3-7-18(20)19-8-4-6-10-21(19)22/h3-10,17,22-23,29H,2,11-16H2,1H3,(H,27,33)(H,28,30)(H,31,32)/t17?,23-/m1/s1. The molecule has 1 aliphatic carbocycles. The maximum atomic E-state index is 12.3. The lowest BCUT2D eigenvalue weighted by Gasteiger charge is -2.17. The van der Waals surface area contributed by atoms with E-state index in [-0.39, 0.29) is 24.9 Å². The molecule has 34 heavy (non-hydrogen) atoms. The van der Waals surface area contributed by atoms with Gasteiger partial charge in [0.05, 0.1) is 6.61 Å². The van der Waals surface area contributed by atoms with Crippen LogP contribution in [-0.2, 0) is 14.3 Å². The Bertz CT molecular complexity index is 963. The number of carbonyl (C=O) groups excluding carboxylic acids is 2. The summed E-state index contributed by atoms with van der Waals surface area (Å²) in [5.41, 5.74) is 4.67. The Hall–Kier alpha value is -3.39. The van der Waals surface area contributed by atoms with Crippen LogP contribution in [0, 0.1) is 5.92 Å². The highest BCUT2D eigenvalue weighted by atomic mass is 16.5. The van der Waals surface area contributed by atoms with E-state index in [9.17, 15) is 14.4 Å². The first-order chi connectivity index (χ1) is 16.4. The number of aliphatic hydroxyl groups is 1. The fourth-order valence-corrected chi connectivity index (χ4v) is 4.37. The van der Waals surface area contributed by atoms with Crippen molar-refractivity contribution in [3.8, 4) is 11.1 Å². The zero-order valence-corrected chi connectivity index (χ0v) is 19.3. The van der Waals surface area contributed by atoms with E-state index in [1.807, 2.05) is 31.2 Å². The first kappa shape index (κ1) is 25.2. The van der Waals surface area contributed by atoms with Crippen molar-refractivity contribution in [1.82, 2.24) is 10.6 Å². The summed E-state index contributed by atoms with van der Waals surface area (Å²) in [6.45, 7) is 2.03. The van der Waals surface area contributed by atoms with Crippen LogP contribution in [0.5, 0.6) is 0 Å². The third kappa shape index (κ3) is 6.35. The first-order valence-electron chi connectivity index (χ1n) is 11.7. The molecule has 0 bridgehead atoms. The zero-order valence-electron chi connectivity index (χ0n) is 19.3. The molecule has 2 atom stereocenters. The maximum Gasteiger partial charge on any atom is 0.407 e. The van der Waals surface area contributed by atoms with Crippen LogP contribution in [-0.4, -0.2) is 54.0 Å². The van der Waals surface area contributed by atoms with E-state index in [0.717, 1.165) is 17.5 Å². The number of aliphatic hydroxyl groups excluding tert-OH is 1. The second-order valence-corrected chi connectivity index (χ2v) is 8.49. The second kappa shape index (κ2) is 12.2. The molecule has 2 aromatic carbocycles. The number of nitrogens with one attached hydrogen (secondary N) is 2. The van der Waals surface area contributed by atoms with E-state index in [1.165, 1.54) is 11.1 Å². The summed E-state index contributed by atoms with van der Waals surface area (Å²) in [4.78, 5) is 35.1. The molecule has 0 spiro atoms. The Morgan fingerprint density at radius 1 is 1.00 bits per heavy atom. The molecule has 4 N–H and O–H groups in total. The predicted octanol–water partition coefficient (Wildman–Crippen LogP) is 3.28. The summed E-state index contributed by atoms with van der Waals surface area (Å²) in [5.74, 6) is -1.48. The number of hydrogen-bond donors (Lipinski definition) is 4. The summed E-state index contributed by atoms with van der Waals surface area (Å²) in [5, 5.41) is 23.0. The number of ether oxygens (including phenoxy) is 1. The Kier molecular flexibility index (Phi) is 9.04. The minimum absolute atomic E-state index is 0.00796. The third-order valence-corrected chi connectivity index (χ3v) is 6.34. The van der Waals surface area contributed by atoms with Crippen molar-refractivity contribution in [3.63, 3.8) is 0 Å². The lowest BCUT2D eigenvalue weighted by Crippen LogP contribution is -2.43. The highest BCUT2D eigenvalue weighted by Gasteiger charge is 2.29. The molecular weight excluding hydrogens is 436 g/mol. The number of fused-ring (bicyclic) bond motifs is 3. The van der Waals surface area contributed by atoms with E-state index in [1.54, 1.807) is 0 Å². The molecule has 0 saturated carbocycles. The number of alkyl carbamates (subject to hydrolysis) is 1. The summed E-state index contributed by atoms with van der Waals surface area (Å²) in [6, 6.07) is 15.0. The smallest absolute Gasteiger partial charge is 0.407 e. The first-order valence-corrected chi connectivity index (χ1v) is 11.7. The number of carboxylic acids is 1. The van der Waals surface area contributed by atoms with Gasteiger partial charge in [-0.3, -0.25) is 4.79 Å². The Balaban J connectivity index is 1.41. The van der Waals surface area contributed by atoms with Crippen LogP contribution in [0.3, 0.4) is 0 Å².